The van der Waals surface area contributed by atoms with Crippen molar-refractivity contribution in [1.82, 2.24) is 5.32 Å². The normalized spacial score (nSPS) is 16.4. The van der Waals surface area contributed by atoms with Gasteiger partial charge in [0.1, 0.15) is 11.8 Å². The summed E-state index contributed by atoms with van der Waals surface area (Å²) in [5.41, 5.74) is 0.0830. The molecular formula is C19H21NO5. The third kappa shape index (κ3) is 3.90. The van der Waals surface area contributed by atoms with Crippen molar-refractivity contribution in [2.24, 2.45) is 0 Å². The molecule has 0 bridgehead atoms. The number of ether oxygens (including phenoxy) is 1. The first-order valence-electron chi connectivity index (χ1n) is 8.54. The second kappa shape index (κ2) is 7.51. The summed E-state index contributed by atoms with van der Waals surface area (Å²) in [5.74, 6) is -1.11. The highest BCUT2D eigenvalue weighted by Crippen LogP contribution is 2.22. The van der Waals surface area contributed by atoms with Crippen LogP contribution in [-0.4, -0.2) is 17.9 Å². The van der Waals surface area contributed by atoms with Gasteiger partial charge in [-0.3, -0.25) is 14.4 Å². The molecule has 132 valence electrons. The Kier molecular flexibility index (Phi) is 5.16. The van der Waals surface area contributed by atoms with Gasteiger partial charge >= 0.3 is 5.97 Å². The van der Waals surface area contributed by atoms with Gasteiger partial charge in [0.05, 0.1) is 10.9 Å². The standard InChI is InChI=1S/C19H21NO5/c1-12(21)25-18(19(23)20-13-7-3-2-4-8-13)15-11-24-16-10-6-5-9-14(16)17(15)22/h5-6,9-11,13,18H,2-4,7-8H2,1H3,(H,20,23). The van der Waals surface area contributed by atoms with Crippen LogP contribution in [0.3, 0.4) is 0 Å². The molecule has 1 saturated carbocycles. The van der Waals surface area contributed by atoms with Crippen LogP contribution in [0.4, 0.5) is 0 Å². The fourth-order valence-corrected chi connectivity index (χ4v) is 3.22. The van der Waals surface area contributed by atoms with Crippen LogP contribution in [0.15, 0.2) is 39.7 Å². The number of hydrogen-bond donors (Lipinski definition) is 1. The molecule has 1 amide bonds. The predicted molar refractivity (Wildman–Crippen MR) is 92.0 cm³/mol. The molecule has 0 spiro atoms. The zero-order valence-electron chi connectivity index (χ0n) is 14.1. The SMILES string of the molecule is CC(=O)OC(C(=O)NC1CCCCC1)c1coc2ccccc2c1=O. The van der Waals surface area contributed by atoms with Crippen molar-refractivity contribution in [1.29, 1.82) is 0 Å². The van der Waals surface area contributed by atoms with Gasteiger partial charge in [0.25, 0.3) is 5.91 Å². The highest BCUT2D eigenvalue weighted by molar-refractivity contribution is 5.86. The Balaban J connectivity index is 1.92. The molecule has 0 saturated heterocycles. The summed E-state index contributed by atoms with van der Waals surface area (Å²) in [6, 6.07) is 6.81. The molecule has 0 aliphatic heterocycles. The van der Waals surface area contributed by atoms with Gasteiger partial charge in [-0.15, -0.1) is 0 Å². The molecule has 3 rings (SSSR count). The molecule has 1 unspecified atom stereocenters. The predicted octanol–water partition coefficient (Wildman–Crippen LogP) is 2.85. The second-order valence-electron chi connectivity index (χ2n) is 6.35. The van der Waals surface area contributed by atoms with Crippen molar-refractivity contribution in [3.63, 3.8) is 0 Å². The summed E-state index contributed by atoms with van der Waals surface area (Å²) in [7, 11) is 0. The number of hydrogen-bond acceptors (Lipinski definition) is 5. The number of nitrogens with one attached hydrogen (secondary N) is 1. The van der Waals surface area contributed by atoms with E-state index in [9.17, 15) is 14.4 Å². The van der Waals surface area contributed by atoms with Crippen LogP contribution in [0, 0.1) is 0 Å². The minimum absolute atomic E-state index is 0.0298. The highest BCUT2D eigenvalue weighted by Gasteiger charge is 2.30. The average molecular weight is 343 g/mol. The Hall–Kier alpha value is -2.63. The van der Waals surface area contributed by atoms with Gasteiger partial charge in [-0.25, -0.2) is 0 Å². The Morgan fingerprint density at radius 2 is 1.92 bits per heavy atom. The van der Waals surface area contributed by atoms with Gasteiger partial charge in [-0.05, 0) is 25.0 Å². The van der Waals surface area contributed by atoms with Crippen LogP contribution in [0.5, 0.6) is 0 Å². The zero-order chi connectivity index (χ0) is 17.8. The van der Waals surface area contributed by atoms with Gasteiger partial charge in [0.2, 0.25) is 6.10 Å². The van der Waals surface area contributed by atoms with Crippen molar-refractivity contribution in [2.45, 2.75) is 51.2 Å². The molecular weight excluding hydrogens is 322 g/mol. The van der Waals surface area contributed by atoms with Crippen LogP contribution >= 0.6 is 0 Å². The molecule has 1 aromatic carbocycles. The lowest BCUT2D eigenvalue weighted by Crippen LogP contribution is -2.41. The Labute approximate surface area is 145 Å². The lowest BCUT2D eigenvalue weighted by Gasteiger charge is -2.25. The molecule has 1 aliphatic rings. The first-order valence-corrected chi connectivity index (χ1v) is 8.54. The average Bonchev–Trinajstić information content (AvgIpc) is 2.61. The van der Waals surface area contributed by atoms with Gasteiger partial charge in [-0.1, -0.05) is 31.4 Å². The molecule has 1 aromatic heterocycles. The summed E-state index contributed by atoms with van der Waals surface area (Å²) in [4.78, 5) is 36.8. The number of para-hydroxylation sites is 1. The summed E-state index contributed by atoms with van der Waals surface area (Å²) in [6.45, 7) is 1.21. The first-order chi connectivity index (χ1) is 12.1. The van der Waals surface area contributed by atoms with Gasteiger partial charge in [-0.2, -0.15) is 0 Å². The fourth-order valence-electron chi connectivity index (χ4n) is 3.22. The van der Waals surface area contributed by atoms with Crippen molar-refractivity contribution >= 4 is 22.8 Å². The van der Waals surface area contributed by atoms with E-state index in [4.69, 9.17) is 9.15 Å². The number of carbonyl (C=O) groups is 2. The molecule has 0 radical (unpaired) electrons. The smallest absolute Gasteiger partial charge is 0.303 e. The van der Waals surface area contributed by atoms with E-state index in [1.54, 1.807) is 24.3 Å². The third-order valence-electron chi connectivity index (χ3n) is 4.46. The summed E-state index contributed by atoms with van der Waals surface area (Å²) < 4.78 is 10.6. The maximum Gasteiger partial charge on any atom is 0.303 e. The van der Waals surface area contributed by atoms with E-state index in [-0.39, 0.29) is 17.0 Å². The summed E-state index contributed by atoms with van der Waals surface area (Å²) >= 11 is 0. The fraction of sp³-hybridized carbons (Fsp3) is 0.421. The van der Waals surface area contributed by atoms with E-state index in [0.29, 0.717) is 11.0 Å². The van der Waals surface area contributed by atoms with E-state index < -0.39 is 18.0 Å². The number of fused-ring (bicyclic) bond motifs is 1. The van der Waals surface area contributed by atoms with E-state index in [0.717, 1.165) is 32.1 Å². The highest BCUT2D eigenvalue weighted by atomic mass is 16.5. The maximum absolute atomic E-state index is 12.7. The van der Waals surface area contributed by atoms with Crippen LogP contribution in [0.25, 0.3) is 11.0 Å². The van der Waals surface area contributed by atoms with E-state index in [1.165, 1.54) is 13.2 Å². The van der Waals surface area contributed by atoms with E-state index >= 15 is 0 Å². The lowest BCUT2D eigenvalue weighted by atomic mass is 9.95. The van der Waals surface area contributed by atoms with Crippen LogP contribution in [0.1, 0.15) is 50.7 Å². The second-order valence-corrected chi connectivity index (χ2v) is 6.35. The minimum atomic E-state index is -1.31. The van der Waals surface area contributed by atoms with Crippen molar-refractivity contribution in [2.75, 3.05) is 0 Å². The first kappa shape index (κ1) is 17.2. The minimum Gasteiger partial charge on any atom is -0.464 e. The van der Waals surface area contributed by atoms with E-state index in [1.807, 2.05) is 0 Å². The molecule has 1 atom stereocenters. The monoisotopic (exact) mass is 343 g/mol. The molecule has 2 aromatic rings. The summed E-state index contributed by atoms with van der Waals surface area (Å²) in [6.07, 6.45) is 4.96. The molecule has 25 heavy (non-hydrogen) atoms. The lowest BCUT2D eigenvalue weighted by molar-refractivity contribution is -0.154. The Morgan fingerprint density at radius 1 is 1.20 bits per heavy atom. The zero-order valence-corrected chi connectivity index (χ0v) is 14.1. The Morgan fingerprint density at radius 3 is 2.64 bits per heavy atom. The topological polar surface area (TPSA) is 85.6 Å². The molecule has 1 fully saturated rings. The van der Waals surface area contributed by atoms with Crippen LogP contribution in [-0.2, 0) is 14.3 Å². The summed E-state index contributed by atoms with van der Waals surface area (Å²) in [5, 5.41) is 3.25. The molecule has 6 heteroatoms. The molecule has 1 N–H and O–H groups in total. The molecule has 1 heterocycles. The number of esters is 1. The molecule has 6 nitrogen and oxygen atoms in total. The number of rotatable bonds is 4. The van der Waals surface area contributed by atoms with E-state index in [2.05, 4.69) is 5.32 Å². The Bertz CT molecular complexity index is 835. The van der Waals surface area contributed by atoms with Crippen molar-refractivity contribution < 1.29 is 18.7 Å². The number of carbonyl (C=O) groups excluding carboxylic acids is 2. The van der Waals surface area contributed by atoms with Crippen molar-refractivity contribution in [3.8, 4) is 0 Å². The van der Waals surface area contributed by atoms with Crippen molar-refractivity contribution in [3.05, 3.63) is 46.3 Å². The van der Waals surface area contributed by atoms with Gasteiger partial charge in [0.15, 0.2) is 5.43 Å². The third-order valence-corrected chi connectivity index (χ3v) is 4.46. The van der Waals surface area contributed by atoms with Gasteiger partial charge < -0.3 is 14.5 Å². The number of amides is 1. The van der Waals surface area contributed by atoms with Crippen LogP contribution in [0.2, 0.25) is 0 Å². The maximum atomic E-state index is 12.7. The van der Waals surface area contributed by atoms with Gasteiger partial charge in [0, 0.05) is 13.0 Å². The number of benzene rings is 1. The molecule has 1 aliphatic carbocycles. The quantitative estimate of drug-likeness (QED) is 0.863. The largest absolute Gasteiger partial charge is 0.464 e. The van der Waals surface area contributed by atoms with Crippen LogP contribution < -0.4 is 10.7 Å².